The van der Waals surface area contributed by atoms with Crippen LogP contribution in [0.4, 0.5) is 5.13 Å². The van der Waals surface area contributed by atoms with Crippen molar-refractivity contribution in [1.29, 1.82) is 0 Å². The lowest BCUT2D eigenvalue weighted by Gasteiger charge is -2.16. The maximum absolute atomic E-state index is 13.0. The maximum Gasteiger partial charge on any atom is 0.244 e. The van der Waals surface area contributed by atoms with Crippen molar-refractivity contribution >= 4 is 34.1 Å². The zero-order valence-electron chi connectivity index (χ0n) is 15.5. The standard InChI is InChI=1S/C21H23N3OS2/c1-3-10-15(2)20-23-24-21(27-20)22-19(25)18(16-11-6-4-7-12-16)26-17-13-8-5-9-14-17/h4-9,11-15,18H,3,10H2,1-2H3,(H,22,24,25). The van der Waals surface area contributed by atoms with Gasteiger partial charge in [-0.1, -0.05) is 80.1 Å². The number of nitrogens with one attached hydrogen (secondary N) is 1. The first-order valence-corrected chi connectivity index (χ1v) is 10.8. The number of benzene rings is 2. The fourth-order valence-corrected chi connectivity index (χ4v) is 4.63. The summed E-state index contributed by atoms with van der Waals surface area (Å²) in [6.07, 6.45) is 2.17. The van der Waals surface area contributed by atoms with Crippen LogP contribution in [0.25, 0.3) is 0 Å². The molecule has 140 valence electrons. The number of thioether (sulfide) groups is 1. The quantitative estimate of drug-likeness (QED) is 0.480. The molecule has 0 bridgehead atoms. The van der Waals surface area contributed by atoms with E-state index in [-0.39, 0.29) is 11.2 Å². The second-order valence-corrected chi connectivity index (χ2v) is 8.53. The van der Waals surface area contributed by atoms with Crippen molar-refractivity contribution in [3.05, 3.63) is 71.2 Å². The van der Waals surface area contributed by atoms with Gasteiger partial charge in [0, 0.05) is 10.8 Å². The SMILES string of the molecule is CCCC(C)c1nnc(NC(=O)C(Sc2ccccc2)c2ccccc2)s1. The average molecular weight is 398 g/mol. The van der Waals surface area contributed by atoms with Gasteiger partial charge in [-0.25, -0.2) is 0 Å². The first kappa shape index (κ1) is 19.6. The third-order valence-electron chi connectivity index (χ3n) is 4.15. The lowest BCUT2D eigenvalue weighted by atomic mass is 10.1. The van der Waals surface area contributed by atoms with E-state index in [0.29, 0.717) is 11.0 Å². The molecule has 1 amide bonds. The summed E-state index contributed by atoms with van der Waals surface area (Å²) in [5.74, 6) is 0.280. The molecule has 2 atom stereocenters. The van der Waals surface area contributed by atoms with Gasteiger partial charge >= 0.3 is 0 Å². The van der Waals surface area contributed by atoms with Gasteiger partial charge in [0.15, 0.2) is 0 Å². The summed E-state index contributed by atoms with van der Waals surface area (Å²) < 4.78 is 0. The van der Waals surface area contributed by atoms with Crippen LogP contribution in [0, 0.1) is 0 Å². The van der Waals surface area contributed by atoms with Crippen LogP contribution < -0.4 is 5.32 Å². The third kappa shape index (κ3) is 5.40. The molecule has 3 aromatic rings. The number of hydrogen-bond donors (Lipinski definition) is 1. The number of amides is 1. The molecule has 2 unspecified atom stereocenters. The largest absolute Gasteiger partial charge is 0.299 e. The second kappa shape index (κ2) is 9.67. The Balaban J connectivity index is 1.77. The summed E-state index contributed by atoms with van der Waals surface area (Å²) >= 11 is 3.00. The van der Waals surface area contributed by atoms with E-state index in [1.807, 2.05) is 60.7 Å². The summed E-state index contributed by atoms with van der Waals surface area (Å²) in [7, 11) is 0. The molecule has 0 saturated heterocycles. The van der Waals surface area contributed by atoms with Gasteiger partial charge in [0.1, 0.15) is 10.3 Å². The molecule has 0 spiro atoms. The Morgan fingerprint density at radius 1 is 1.07 bits per heavy atom. The minimum absolute atomic E-state index is 0.0825. The van der Waals surface area contributed by atoms with Gasteiger partial charge in [-0.15, -0.1) is 22.0 Å². The Hall–Kier alpha value is -2.18. The summed E-state index contributed by atoms with van der Waals surface area (Å²) in [5.41, 5.74) is 0.966. The van der Waals surface area contributed by atoms with Crippen molar-refractivity contribution in [2.24, 2.45) is 0 Å². The molecule has 6 heteroatoms. The highest BCUT2D eigenvalue weighted by Gasteiger charge is 2.23. The molecule has 1 aromatic heterocycles. The summed E-state index contributed by atoms with van der Waals surface area (Å²) in [5, 5.41) is 12.6. The summed E-state index contributed by atoms with van der Waals surface area (Å²) in [6, 6.07) is 19.8. The predicted octanol–water partition coefficient (Wildman–Crippen LogP) is 5.91. The zero-order chi connectivity index (χ0) is 19.1. The van der Waals surface area contributed by atoms with Crippen molar-refractivity contribution in [2.75, 3.05) is 5.32 Å². The van der Waals surface area contributed by atoms with Crippen molar-refractivity contribution in [3.8, 4) is 0 Å². The van der Waals surface area contributed by atoms with Crippen LogP contribution in [0.15, 0.2) is 65.6 Å². The van der Waals surface area contributed by atoms with Gasteiger partial charge in [-0.05, 0) is 24.1 Å². The van der Waals surface area contributed by atoms with E-state index in [0.717, 1.165) is 28.3 Å². The van der Waals surface area contributed by atoms with Gasteiger partial charge in [0.05, 0.1) is 0 Å². The molecular formula is C21H23N3OS2. The molecule has 1 N–H and O–H groups in total. The molecule has 0 radical (unpaired) electrons. The molecule has 27 heavy (non-hydrogen) atoms. The number of anilines is 1. The van der Waals surface area contributed by atoms with Crippen molar-refractivity contribution in [1.82, 2.24) is 10.2 Å². The molecule has 0 fully saturated rings. The number of hydrogen-bond acceptors (Lipinski definition) is 5. The third-order valence-corrected chi connectivity index (χ3v) is 6.49. The summed E-state index contributed by atoms with van der Waals surface area (Å²) in [4.78, 5) is 14.1. The van der Waals surface area contributed by atoms with E-state index >= 15 is 0 Å². The van der Waals surface area contributed by atoms with Gasteiger partial charge in [-0.2, -0.15) is 0 Å². The Bertz CT molecular complexity index is 852. The lowest BCUT2D eigenvalue weighted by molar-refractivity contribution is -0.115. The topological polar surface area (TPSA) is 54.9 Å². The van der Waals surface area contributed by atoms with E-state index in [4.69, 9.17) is 0 Å². The smallest absolute Gasteiger partial charge is 0.244 e. The number of carbonyl (C=O) groups excluding carboxylic acids is 1. The van der Waals surface area contributed by atoms with Crippen LogP contribution in [0.2, 0.25) is 0 Å². The molecule has 3 rings (SSSR count). The lowest BCUT2D eigenvalue weighted by Crippen LogP contribution is -2.18. The maximum atomic E-state index is 13.0. The highest BCUT2D eigenvalue weighted by atomic mass is 32.2. The molecule has 0 aliphatic heterocycles. The fourth-order valence-electron chi connectivity index (χ4n) is 2.75. The Kier molecular flexibility index (Phi) is 7.01. The number of rotatable bonds is 8. The van der Waals surface area contributed by atoms with E-state index in [1.54, 1.807) is 0 Å². The number of nitrogens with zero attached hydrogens (tertiary/aromatic N) is 2. The van der Waals surface area contributed by atoms with Crippen LogP contribution in [0.1, 0.15) is 48.4 Å². The molecular weight excluding hydrogens is 374 g/mol. The molecule has 4 nitrogen and oxygen atoms in total. The number of aromatic nitrogens is 2. The summed E-state index contributed by atoms with van der Waals surface area (Å²) in [6.45, 7) is 4.30. The Morgan fingerprint density at radius 3 is 2.41 bits per heavy atom. The van der Waals surface area contributed by atoms with E-state index in [2.05, 4.69) is 29.4 Å². The first-order valence-electron chi connectivity index (χ1n) is 9.08. The monoisotopic (exact) mass is 397 g/mol. The Labute approximate surface area is 168 Å². The molecule has 0 aliphatic carbocycles. The highest BCUT2D eigenvalue weighted by Crippen LogP contribution is 2.36. The second-order valence-electron chi connectivity index (χ2n) is 6.35. The van der Waals surface area contributed by atoms with Crippen LogP contribution in [0.5, 0.6) is 0 Å². The highest BCUT2D eigenvalue weighted by molar-refractivity contribution is 8.00. The Morgan fingerprint density at radius 2 is 1.74 bits per heavy atom. The van der Waals surface area contributed by atoms with E-state index in [9.17, 15) is 4.79 Å². The fraction of sp³-hybridized carbons (Fsp3) is 0.286. The molecule has 1 heterocycles. The van der Waals surface area contributed by atoms with Gasteiger partial charge < -0.3 is 0 Å². The molecule has 2 aromatic carbocycles. The van der Waals surface area contributed by atoms with Crippen molar-refractivity contribution in [2.45, 2.75) is 42.8 Å². The molecule has 0 aliphatic rings. The van der Waals surface area contributed by atoms with Gasteiger partial charge in [0.25, 0.3) is 0 Å². The first-order chi connectivity index (χ1) is 13.2. The van der Waals surface area contributed by atoms with Gasteiger partial charge in [-0.3, -0.25) is 10.1 Å². The van der Waals surface area contributed by atoms with E-state index < -0.39 is 0 Å². The van der Waals surface area contributed by atoms with Crippen molar-refractivity contribution in [3.63, 3.8) is 0 Å². The van der Waals surface area contributed by atoms with Crippen LogP contribution >= 0.6 is 23.1 Å². The van der Waals surface area contributed by atoms with Gasteiger partial charge in [0.2, 0.25) is 11.0 Å². The molecule has 0 saturated carbocycles. The number of carbonyl (C=O) groups is 1. The average Bonchev–Trinajstić information content (AvgIpc) is 3.16. The predicted molar refractivity (Wildman–Crippen MR) is 113 cm³/mol. The zero-order valence-corrected chi connectivity index (χ0v) is 17.1. The van der Waals surface area contributed by atoms with Crippen LogP contribution in [-0.2, 0) is 4.79 Å². The van der Waals surface area contributed by atoms with Crippen LogP contribution in [-0.4, -0.2) is 16.1 Å². The van der Waals surface area contributed by atoms with Crippen molar-refractivity contribution < 1.29 is 4.79 Å². The minimum Gasteiger partial charge on any atom is -0.299 e. The van der Waals surface area contributed by atoms with E-state index in [1.165, 1.54) is 23.1 Å². The van der Waals surface area contributed by atoms with Crippen LogP contribution in [0.3, 0.4) is 0 Å². The minimum atomic E-state index is -0.353. The normalized spacial score (nSPS) is 13.1.